The molecule has 1 N–H and O–H groups in total. The first-order valence-electron chi connectivity index (χ1n) is 3.43. The Balaban J connectivity index is 2.33. The lowest BCUT2D eigenvalue weighted by Crippen LogP contribution is -2.00. The lowest BCUT2D eigenvalue weighted by atomic mass is 10.3. The predicted molar refractivity (Wildman–Crippen MR) is 49.1 cm³/mol. The minimum absolute atomic E-state index is 0.186. The number of aromatic amines is 1. The molecule has 66 valence electrons. The van der Waals surface area contributed by atoms with Gasteiger partial charge in [0.15, 0.2) is 5.82 Å². The van der Waals surface area contributed by atoms with E-state index in [0.29, 0.717) is 9.21 Å². The number of aromatic nitrogens is 3. The number of nitrogens with zero attached hydrogens (tertiary/aromatic N) is 2. The Hall–Kier alpha value is -1.20. The molecular weight excluding hydrogens is 210 g/mol. The number of ketones is 1. The third kappa shape index (κ3) is 1.61. The van der Waals surface area contributed by atoms with E-state index in [4.69, 9.17) is 11.6 Å². The van der Waals surface area contributed by atoms with Gasteiger partial charge in [-0.3, -0.25) is 9.89 Å². The van der Waals surface area contributed by atoms with Crippen LogP contribution in [0.5, 0.6) is 0 Å². The fourth-order valence-electron chi connectivity index (χ4n) is 0.868. The van der Waals surface area contributed by atoms with Crippen LogP contribution in [-0.2, 0) is 0 Å². The van der Waals surface area contributed by atoms with E-state index in [9.17, 15) is 4.79 Å². The van der Waals surface area contributed by atoms with Crippen LogP contribution in [0.25, 0.3) is 0 Å². The van der Waals surface area contributed by atoms with Crippen molar-refractivity contribution in [2.75, 3.05) is 0 Å². The van der Waals surface area contributed by atoms with Crippen molar-refractivity contribution in [1.82, 2.24) is 15.2 Å². The van der Waals surface area contributed by atoms with Gasteiger partial charge in [0.05, 0.1) is 9.21 Å². The molecule has 0 aromatic carbocycles. The van der Waals surface area contributed by atoms with Crippen molar-refractivity contribution < 1.29 is 4.79 Å². The third-order valence-electron chi connectivity index (χ3n) is 1.43. The van der Waals surface area contributed by atoms with Crippen molar-refractivity contribution in [2.45, 2.75) is 0 Å². The number of thiophene rings is 1. The summed E-state index contributed by atoms with van der Waals surface area (Å²) in [5.74, 6) is 0.0490. The molecule has 2 rings (SSSR count). The summed E-state index contributed by atoms with van der Waals surface area (Å²) in [6.07, 6.45) is 1.29. The molecule has 13 heavy (non-hydrogen) atoms. The zero-order chi connectivity index (χ0) is 9.26. The number of halogens is 1. The number of hydrogen-bond donors (Lipinski definition) is 1. The molecule has 2 aromatic heterocycles. The van der Waals surface area contributed by atoms with Crippen molar-refractivity contribution in [2.24, 2.45) is 0 Å². The molecule has 0 aliphatic carbocycles. The van der Waals surface area contributed by atoms with Gasteiger partial charge in [-0.1, -0.05) is 11.6 Å². The summed E-state index contributed by atoms with van der Waals surface area (Å²) in [6, 6.07) is 3.34. The van der Waals surface area contributed by atoms with E-state index >= 15 is 0 Å². The van der Waals surface area contributed by atoms with Crippen LogP contribution >= 0.6 is 22.9 Å². The van der Waals surface area contributed by atoms with Gasteiger partial charge in [-0.15, -0.1) is 11.3 Å². The lowest BCUT2D eigenvalue weighted by molar-refractivity contribution is 0.103. The van der Waals surface area contributed by atoms with Gasteiger partial charge in [0.1, 0.15) is 6.33 Å². The first-order valence-corrected chi connectivity index (χ1v) is 4.62. The molecule has 0 saturated carbocycles. The Bertz CT molecular complexity index is 423. The highest BCUT2D eigenvalue weighted by molar-refractivity contribution is 7.18. The Kier molecular flexibility index (Phi) is 2.12. The van der Waals surface area contributed by atoms with Gasteiger partial charge in [-0.25, -0.2) is 4.98 Å². The summed E-state index contributed by atoms with van der Waals surface area (Å²) in [5.41, 5.74) is 0. The van der Waals surface area contributed by atoms with Crippen LogP contribution in [-0.4, -0.2) is 21.0 Å². The molecule has 6 heteroatoms. The van der Waals surface area contributed by atoms with E-state index in [-0.39, 0.29) is 11.6 Å². The van der Waals surface area contributed by atoms with Crippen molar-refractivity contribution in [3.8, 4) is 0 Å². The van der Waals surface area contributed by atoms with E-state index in [2.05, 4.69) is 15.2 Å². The first-order chi connectivity index (χ1) is 6.27. The van der Waals surface area contributed by atoms with Crippen LogP contribution in [0, 0.1) is 0 Å². The highest BCUT2D eigenvalue weighted by Gasteiger charge is 2.13. The van der Waals surface area contributed by atoms with Gasteiger partial charge in [0.2, 0.25) is 5.78 Å². The molecule has 0 atom stereocenters. The Morgan fingerprint density at radius 2 is 2.38 bits per heavy atom. The summed E-state index contributed by atoms with van der Waals surface area (Å²) < 4.78 is 0.586. The summed E-state index contributed by atoms with van der Waals surface area (Å²) in [6.45, 7) is 0. The number of rotatable bonds is 2. The second-order valence-electron chi connectivity index (χ2n) is 2.27. The molecule has 0 fully saturated rings. The van der Waals surface area contributed by atoms with E-state index in [1.165, 1.54) is 17.7 Å². The molecule has 2 heterocycles. The summed E-state index contributed by atoms with van der Waals surface area (Å²) in [7, 11) is 0. The average Bonchev–Trinajstić information content (AvgIpc) is 2.72. The predicted octanol–water partition coefficient (Wildman–Crippen LogP) is 1.75. The molecule has 0 unspecified atom stereocenters. The van der Waals surface area contributed by atoms with Gasteiger partial charge in [-0.2, -0.15) is 5.10 Å². The fraction of sp³-hybridized carbons (Fsp3) is 0. The van der Waals surface area contributed by atoms with E-state index in [1.807, 2.05) is 0 Å². The smallest absolute Gasteiger partial charge is 0.239 e. The van der Waals surface area contributed by atoms with Crippen molar-refractivity contribution in [1.29, 1.82) is 0 Å². The van der Waals surface area contributed by atoms with Crippen molar-refractivity contribution in [3.05, 3.63) is 33.5 Å². The number of nitrogens with one attached hydrogen (secondary N) is 1. The van der Waals surface area contributed by atoms with Gasteiger partial charge in [0.25, 0.3) is 0 Å². The molecule has 0 radical (unpaired) electrons. The van der Waals surface area contributed by atoms with Crippen molar-refractivity contribution >= 4 is 28.7 Å². The maximum absolute atomic E-state index is 11.5. The maximum Gasteiger partial charge on any atom is 0.239 e. The number of H-pyrrole nitrogens is 1. The third-order valence-corrected chi connectivity index (χ3v) is 2.66. The molecular formula is C7H4ClN3OS. The van der Waals surface area contributed by atoms with Crippen LogP contribution in [0.3, 0.4) is 0 Å². The first kappa shape index (κ1) is 8.40. The summed E-state index contributed by atoms with van der Waals surface area (Å²) in [4.78, 5) is 15.8. The normalized spacial score (nSPS) is 10.2. The summed E-state index contributed by atoms with van der Waals surface area (Å²) in [5, 5.41) is 6.09. The SMILES string of the molecule is O=C(c1ncn[nH]1)c1ccc(Cl)s1. The van der Waals surface area contributed by atoms with E-state index < -0.39 is 0 Å². The molecule has 0 spiro atoms. The standard InChI is InChI=1S/C7H4ClN3OS/c8-5-2-1-4(13-5)6(12)7-9-3-10-11-7/h1-3H,(H,9,10,11). The van der Waals surface area contributed by atoms with Crippen molar-refractivity contribution in [3.63, 3.8) is 0 Å². The van der Waals surface area contributed by atoms with Crippen LogP contribution in [0.2, 0.25) is 4.34 Å². The minimum atomic E-state index is -0.186. The van der Waals surface area contributed by atoms with E-state index in [0.717, 1.165) is 0 Å². The largest absolute Gasteiger partial charge is 0.284 e. The van der Waals surface area contributed by atoms with Crippen LogP contribution < -0.4 is 0 Å². The zero-order valence-electron chi connectivity index (χ0n) is 6.32. The average molecular weight is 214 g/mol. The fourth-order valence-corrected chi connectivity index (χ4v) is 1.85. The van der Waals surface area contributed by atoms with Gasteiger partial charge >= 0.3 is 0 Å². The molecule has 0 amide bonds. The highest BCUT2D eigenvalue weighted by atomic mass is 35.5. The molecule has 0 aliphatic rings. The quantitative estimate of drug-likeness (QED) is 0.774. The molecule has 4 nitrogen and oxygen atoms in total. The second kappa shape index (κ2) is 3.27. The monoisotopic (exact) mass is 213 g/mol. The van der Waals surface area contributed by atoms with Gasteiger partial charge in [-0.05, 0) is 12.1 Å². The van der Waals surface area contributed by atoms with Crippen LogP contribution in [0.1, 0.15) is 15.5 Å². The number of carbonyl (C=O) groups is 1. The van der Waals surface area contributed by atoms with Crippen LogP contribution in [0.15, 0.2) is 18.5 Å². The number of hydrogen-bond acceptors (Lipinski definition) is 4. The molecule has 0 saturated heterocycles. The Labute approximate surface area is 82.6 Å². The Morgan fingerprint density at radius 1 is 1.54 bits per heavy atom. The highest BCUT2D eigenvalue weighted by Crippen LogP contribution is 2.22. The summed E-state index contributed by atoms with van der Waals surface area (Å²) >= 11 is 6.91. The van der Waals surface area contributed by atoms with Gasteiger partial charge < -0.3 is 0 Å². The van der Waals surface area contributed by atoms with E-state index in [1.54, 1.807) is 12.1 Å². The maximum atomic E-state index is 11.5. The van der Waals surface area contributed by atoms with Gasteiger partial charge in [0, 0.05) is 0 Å². The Morgan fingerprint density at radius 3 is 2.92 bits per heavy atom. The number of carbonyl (C=O) groups excluding carboxylic acids is 1. The topological polar surface area (TPSA) is 58.6 Å². The molecule has 0 aliphatic heterocycles. The zero-order valence-corrected chi connectivity index (χ0v) is 7.89. The molecule has 2 aromatic rings. The van der Waals surface area contributed by atoms with Crippen LogP contribution in [0.4, 0.5) is 0 Å². The molecule has 0 bridgehead atoms. The minimum Gasteiger partial charge on any atom is -0.284 e. The lowest BCUT2D eigenvalue weighted by Gasteiger charge is -1.88. The second-order valence-corrected chi connectivity index (χ2v) is 3.98.